The maximum atomic E-state index is 12.4. The minimum Gasteiger partial charge on any atom is -0.490 e. The van der Waals surface area contributed by atoms with Crippen LogP contribution in [0.2, 0.25) is 0 Å². The molecule has 0 saturated heterocycles. The number of carbonyl (C=O) groups excluding carboxylic acids is 1. The van der Waals surface area contributed by atoms with E-state index < -0.39 is 15.7 Å². The van der Waals surface area contributed by atoms with Gasteiger partial charge in [0.05, 0.1) is 0 Å². The van der Waals surface area contributed by atoms with E-state index in [-0.39, 0.29) is 15.0 Å². The Labute approximate surface area is 208 Å². The molecule has 182 valence electrons. The summed E-state index contributed by atoms with van der Waals surface area (Å²) in [5.41, 5.74) is 2.81. The van der Waals surface area contributed by atoms with Gasteiger partial charge in [0, 0.05) is 6.26 Å². The van der Waals surface area contributed by atoms with Crippen molar-refractivity contribution in [3.8, 4) is 17.6 Å². The third kappa shape index (κ3) is 7.63. The van der Waals surface area contributed by atoms with Gasteiger partial charge in [0.1, 0.15) is 36.4 Å². The summed E-state index contributed by atoms with van der Waals surface area (Å²) in [4.78, 5) is 12.4. The van der Waals surface area contributed by atoms with Crippen LogP contribution in [-0.2, 0) is 21.1 Å². The number of carbonyl (C=O) groups is 1. The van der Waals surface area contributed by atoms with Gasteiger partial charge in [-0.25, -0.2) is 8.42 Å². The number of amides is 1. The molecule has 0 fully saturated rings. The normalized spacial score (nSPS) is 11.5. The van der Waals surface area contributed by atoms with Gasteiger partial charge in [-0.3, -0.25) is 10.1 Å². The summed E-state index contributed by atoms with van der Waals surface area (Å²) in [6, 6.07) is 14.8. The number of sulfone groups is 1. The molecule has 2 aromatic carbocycles. The average Bonchev–Trinajstić information content (AvgIpc) is 3.30. The predicted octanol–water partition coefficient (Wildman–Crippen LogP) is 3.82. The summed E-state index contributed by atoms with van der Waals surface area (Å²) in [5.74, 6) is 0.715. The Kier molecular flexibility index (Phi) is 8.57. The zero-order valence-corrected chi connectivity index (χ0v) is 21.1. The molecule has 0 unspecified atom stereocenters. The zero-order valence-electron chi connectivity index (χ0n) is 19.4. The van der Waals surface area contributed by atoms with E-state index in [9.17, 15) is 18.5 Å². The first-order chi connectivity index (χ1) is 16.7. The lowest BCUT2D eigenvalue weighted by atomic mass is 10.1. The van der Waals surface area contributed by atoms with Gasteiger partial charge in [-0.15, -0.1) is 10.2 Å². The van der Waals surface area contributed by atoms with Crippen molar-refractivity contribution in [3.05, 3.63) is 64.7 Å². The highest BCUT2D eigenvalue weighted by Gasteiger charge is 2.17. The van der Waals surface area contributed by atoms with Gasteiger partial charge in [0.25, 0.3) is 5.91 Å². The largest absolute Gasteiger partial charge is 0.490 e. The lowest BCUT2D eigenvalue weighted by Gasteiger charge is -2.10. The van der Waals surface area contributed by atoms with Gasteiger partial charge < -0.3 is 9.47 Å². The molecule has 0 radical (unpaired) electrons. The second-order valence-corrected chi connectivity index (χ2v) is 10.7. The highest BCUT2D eigenvalue weighted by Crippen LogP contribution is 2.21. The molecular formula is C24H24N4O5S2. The Hall–Kier alpha value is -3.75. The van der Waals surface area contributed by atoms with E-state index in [0.29, 0.717) is 35.9 Å². The van der Waals surface area contributed by atoms with E-state index in [0.717, 1.165) is 24.0 Å². The van der Waals surface area contributed by atoms with Crippen LogP contribution in [0.25, 0.3) is 6.08 Å². The van der Waals surface area contributed by atoms with Crippen LogP contribution in [0.1, 0.15) is 23.6 Å². The van der Waals surface area contributed by atoms with E-state index in [1.165, 1.54) is 11.6 Å². The second-order valence-electron chi connectivity index (χ2n) is 7.54. The summed E-state index contributed by atoms with van der Waals surface area (Å²) in [6.45, 7) is 4.87. The first-order valence-electron chi connectivity index (χ1n) is 10.6. The van der Waals surface area contributed by atoms with Crippen LogP contribution >= 0.6 is 11.3 Å². The smallest absolute Gasteiger partial charge is 0.268 e. The van der Waals surface area contributed by atoms with Crippen LogP contribution in [-0.4, -0.2) is 44.0 Å². The minimum absolute atomic E-state index is 0.0147. The summed E-state index contributed by atoms with van der Waals surface area (Å²) >= 11 is 0.709. The Morgan fingerprint density at radius 1 is 1.11 bits per heavy atom. The minimum atomic E-state index is -3.53. The van der Waals surface area contributed by atoms with E-state index in [4.69, 9.17) is 9.47 Å². The molecule has 0 aliphatic carbocycles. The van der Waals surface area contributed by atoms with Crippen molar-refractivity contribution in [1.29, 1.82) is 5.26 Å². The van der Waals surface area contributed by atoms with E-state index in [1.54, 1.807) is 24.3 Å². The van der Waals surface area contributed by atoms with Gasteiger partial charge in [-0.05, 0) is 60.4 Å². The highest BCUT2D eigenvalue weighted by atomic mass is 32.2. The maximum absolute atomic E-state index is 12.4. The molecule has 1 N–H and O–H groups in total. The monoisotopic (exact) mass is 512 g/mol. The van der Waals surface area contributed by atoms with Crippen molar-refractivity contribution >= 4 is 38.3 Å². The van der Waals surface area contributed by atoms with Gasteiger partial charge in [0.2, 0.25) is 19.3 Å². The average molecular weight is 513 g/mol. The number of nitrogens with one attached hydrogen (secondary N) is 1. The molecule has 0 aliphatic rings. The molecule has 9 nitrogen and oxygen atoms in total. The number of ether oxygens (including phenoxy) is 2. The Bertz CT molecular complexity index is 1370. The number of hydrogen-bond acceptors (Lipinski definition) is 9. The van der Waals surface area contributed by atoms with Crippen LogP contribution < -0.4 is 14.8 Å². The van der Waals surface area contributed by atoms with Crippen molar-refractivity contribution in [3.63, 3.8) is 0 Å². The fraction of sp³-hybridized carbons (Fsp3) is 0.250. The highest BCUT2D eigenvalue weighted by molar-refractivity contribution is 7.92. The number of benzene rings is 2. The lowest BCUT2D eigenvalue weighted by Crippen LogP contribution is -2.13. The molecule has 1 aromatic heterocycles. The summed E-state index contributed by atoms with van der Waals surface area (Å²) in [5, 5.41) is 18.9. The molecule has 0 atom stereocenters. The Balaban J connectivity index is 1.54. The van der Waals surface area contributed by atoms with Gasteiger partial charge in [-0.2, -0.15) is 5.26 Å². The molecule has 35 heavy (non-hydrogen) atoms. The molecule has 0 aliphatic heterocycles. The number of hydrogen-bond donors (Lipinski definition) is 1. The second kappa shape index (κ2) is 11.6. The van der Waals surface area contributed by atoms with Crippen LogP contribution in [0, 0.1) is 18.3 Å². The number of aryl methyl sites for hydroxylation is 2. The molecule has 3 aromatic rings. The SMILES string of the molecule is CCc1cc(C)cc(OCCOc2ccc(C=C(C#N)C(=O)Nc3nnc(S(C)(=O)=O)s3)cc2)c1. The maximum Gasteiger partial charge on any atom is 0.268 e. The van der Waals surface area contributed by atoms with E-state index >= 15 is 0 Å². The summed E-state index contributed by atoms with van der Waals surface area (Å²) in [6.07, 6.45) is 3.34. The number of anilines is 1. The van der Waals surface area contributed by atoms with E-state index in [2.05, 4.69) is 28.5 Å². The third-order valence-corrected chi connectivity index (χ3v) is 7.15. The van der Waals surface area contributed by atoms with Gasteiger partial charge in [0.15, 0.2) is 0 Å². The summed E-state index contributed by atoms with van der Waals surface area (Å²) in [7, 11) is -3.53. The van der Waals surface area contributed by atoms with Gasteiger partial charge >= 0.3 is 0 Å². The number of nitriles is 1. The predicted molar refractivity (Wildman–Crippen MR) is 133 cm³/mol. The molecule has 0 bridgehead atoms. The van der Waals surface area contributed by atoms with Crippen molar-refractivity contribution in [1.82, 2.24) is 10.2 Å². The first kappa shape index (κ1) is 25.9. The lowest BCUT2D eigenvalue weighted by molar-refractivity contribution is -0.112. The third-order valence-electron chi connectivity index (χ3n) is 4.64. The number of aromatic nitrogens is 2. The molecule has 1 heterocycles. The first-order valence-corrected chi connectivity index (χ1v) is 13.3. The molecule has 0 saturated carbocycles. The van der Waals surface area contributed by atoms with Crippen LogP contribution in [0.5, 0.6) is 11.5 Å². The zero-order chi connectivity index (χ0) is 25.4. The Morgan fingerprint density at radius 3 is 2.40 bits per heavy atom. The standard InChI is InChI=1S/C24H24N4O5S2/c1-4-17-11-16(2)12-21(14-17)33-10-9-32-20-7-5-18(6-8-20)13-19(15-25)22(29)26-23-27-28-24(34-23)35(3,30)31/h5-8,11-14H,4,9-10H2,1-3H3,(H,26,27,29). The van der Waals surface area contributed by atoms with Crippen LogP contribution in [0.4, 0.5) is 5.13 Å². The number of nitrogens with zero attached hydrogens (tertiary/aromatic N) is 3. The Morgan fingerprint density at radius 2 is 1.80 bits per heavy atom. The fourth-order valence-electron chi connectivity index (χ4n) is 2.98. The van der Waals surface area contributed by atoms with Crippen LogP contribution in [0.3, 0.4) is 0 Å². The van der Waals surface area contributed by atoms with Crippen molar-refractivity contribution in [2.45, 2.75) is 24.6 Å². The van der Waals surface area contributed by atoms with Gasteiger partial charge in [-0.1, -0.05) is 36.5 Å². The van der Waals surface area contributed by atoms with Crippen molar-refractivity contribution in [2.75, 3.05) is 24.8 Å². The van der Waals surface area contributed by atoms with Crippen LogP contribution in [0.15, 0.2) is 52.4 Å². The summed E-state index contributed by atoms with van der Waals surface area (Å²) < 4.78 is 34.2. The topological polar surface area (TPSA) is 131 Å². The van der Waals surface area contributed by atoms with E-state index in [1.807, 2.05) is 25.1 Å². The van der Waals surface area contributed by atoms with Crippen molar-refractivity contribution in [2.24, 2.45) is 0 Å². The molecule has 0 spiro atoms. The molecule has 1 amide bonds. The molecule has 11 heteroatoms. The number of rotatable bonds is 10. The van der Waals surface area contributed by atoms with Crippen molar-refractivity contribution < 1.29 is 22.7 Å². The molecule has 3 rings (SSSR count). The molecular weight excluding hydrogens is 488 g/mol. The quantitative estimate of drug-likeness (QED) is 0.188. The fourth-order valence-corrected chi connectivity index (χ4v) is 4.49.